The van der Waals surface area contributed by atoms with Gasteiger partial charge in [0.15, 0.2) is 0 Å². The number of nitrogens with zero attached hydrogens (tertiary/aromatic N) is 1. The van der Waals surface area contributed by atoms with Crippen LogP contribution in [0.25, 0.3) is 0 Å². The Morgan fingerprint density at radius 1 is 1.32 bits per heavy atom. The minimum Gasteiger partial charge on any atom is -0.480 e. The molecule has 22 heavy (non-hydrogen) atoms. The molecule has 1 aromatic rings. The van der Waals surface area contributed by atoms with Gasteiger partial charge in [-0.15, -0.1) is 0 Å². The van der Waals surface area contributed by atoms with Crippen LogP contribution >= 0.6 is 0 Å². The number of carbonyl (C=O) groups excluding carboxylic acids is 1. The Morgan fingerprint density at radius 2 is 1.91 bits per heavy atom. The van der Waals surface area contributed by atoms with Gasteiger partial charge in [-0.05, 0) is 56.6 Å². The lowest BCUT2D eigenvalue weighted by Gasteiger charge is -2.29. The van der Waals surface area contributed by atoms with Gasteiger partial charge in [-0.1, -0.05) is 12.1 Å². The van der Waals surface area contributed by atoms with E-state index in [0.29, 0.717) is 11.7 Å². The van der Waals surface area contributed by atoms with Gasteiger partial charge in [0, 0.05) is 0 Å². The van der Waals surface area contributed by atoms with Crippen molar-refractivity contribution in [3.05, 3.63) is 29.8 Å². The second kappa shape index (κ2) is 7.38. The first kappa shape index (κ1) is 16.5. The number of carboxylic acid groups (broad SMARTS) is 1. The number of esters is 1. The molecule has 1 heterocycles. The maximum Gasteiger partial charge on any atom is 0.321 e. The van der Waals surface area contributed by atoms with Gasteiger partial charge in [-0.2, -0.15) is 0 Å². The minimum absolute atomic E-state index is 0.341. The van der Waals surface area contributed by atoms with Crippen LogP contribution in [0.15, 0.2) is 24.3 Å². The average molecular weight is 306 g/mol. The van der Waals surface area contributed by atoms with Crippen molar-refractivity contribution >= 4 is 11.9 Å². The smallest absolute Gasteiger partial charge is 0.321 e. The third kappa shape index (κ3) is 4.54. The van der Waals surface area contributed by atoms with Gasteiger partial charge in [0.05, 0.1) is 6.42 Å². The number of ether oxygens (including phenoxy) is 1. The van der Waals surface area contributed by atoms with Crippen molar-refractivity contribution in [2.24, 2.45) is 5.73 Å². The van der Waals surface area contributed by atoms with Crippen LogP contribution in [0.3, 0.4) is 0 Å². The Hall–Kier alpha value is -1.92. The molecule has 120 valence electrons. The molecule has 0 amide bonds. The molecular formula is C16H22N2O4. The predicted molar refractivity (Wildman–Crippen MR) is 81.8 cm³/mol. The number of benzene rings is 1. The third-order valence-electron chi connectivity index (χ3n) is 4.01. The second-order valence-corrected chi connectivity index (χ2v) is 5.77. The summed E-state index contributed by atoms with van der Waals surface area (Å²) in [5.41, 5.74) is 6.55. The fourth-order valence-corrected chi connectivity index (χ4v) is 2.59. The number of rotatable bonds is 5. The van der Waals surface area contributed by atoms with Crippen LogP contribution in [0.5, 0.6) is 5.75 Å². The monoisotopic (exact) mass is 306 g/mol. The number of carbonyl (C=O) groups is 2. The van der Waals surface area contributed by atoms with Crippen molar-refractivity contribution in [1.82, 2.24) is 4.90 Å². The SMILES string of the molecule is CN1CCC(c2ccc(OC(=O)CC(N)C(=O)O)cc2)CC1. The Labute approximate surface area is 129 Å². The van der Waals surface area contributed by atoms with Crippen molar-refractivity contribution < 1.29 is 19.4 Å². The summed E-state index contributed by atoms with van der Waals surface area (Å²) < 4.78 is 5.10. The van der Waals surface area contributed by atoms with Crippen molar-refractivity contribution in [1.29, 1.82) is 0 Å². The van der Waals surface area contributed by atoms with Crippen LogP contribution in [0.2, 0.25) is 0 Å². The number of likely N-dealkylation sites (tertiary alicyclic amines) is 1. The van der Waals surface area contributed by atoms with Crippen LogP contribution in [0, 0.1) is 0 Å². The molecule has 0 spiro atoms. The molecule has 1 fully saturated rings. The quantitative estimate of drug-likeness (QED) is 0.627. The van der Waals surface area contributed by atoms with Gasteiger partial charge in [-0.3, -0.25) is 9.59 Å². The predicted octanol–water partition coefficient (Wildman–Crippen LogP) is 1.20. The lowest BCUT2D eigenvalue weighted by atomic mass is 9.90. The van der Waals surface area contributed by atoms with Crippen molar-refractivity contribution in [3.63, 3.8) is 0 Å². The molecule has 6 heteroatoms. The first-order chi connectivity index (χ1) is 10.5. The molecule has 0 radical (unpaired) electrons. The van der Waals surface area contributed by atoms with Crippen LogP contribution in [0.1, 0.15) is 30.7 Å². The van der Waals surface area contributed by atoms with Crippen LogP contribution in [0.4, 0.5) is 0 Å². The Bertz CT molecular complexity index is 521. The molecule has 1 saturated heterocycles. The number of nitrogens with two attached hydrogens (primary N) is 1. The lowest BCUT2D eigenvalue weighted by molar-refractivity contribution is -0.143. The van der Waals surface area contributed by atoms with Crippen LogP contribution in [-0.2, 0) is 9.59 Å². The van der Waals surface area contributed by atoms with Gasteiger partial charge in [-0.25, -0.2) is 0 Å². The molecule has 0 saturated carbocycles. The van der Waals surface area contributed by atoms with Gasteiger partial charge in [0.25, 0.3) is 0 Å². The highest BCUT2D eigenvalue weighted by atomic mass is 16.5. The molecule has 2 rings (SSSR count). The minimum atomic E-state index is -1.23. The Morgan fingerprint density at radius 3 is 2.45 bits per heavy atom. The summed E-state index contributed by atoms with van der Waals surface area (Å²) in [5.74, 6) is -0.892. The highest BCUT2D eigenvalue weighted by molar-refractivity contribution is 5.82. The first-order valence-corrected chi connectivity index (χ1v) is 7.43. The largest absolute Gasteiger partial charge is 0.480 e. The number of carboxylic acids is 1. The lowest BCUT2D eigenvalue weighted by Crippen LogP contribution is -2.33. The number of hydrogen-bond donors (Lipinski definition) is 2. The fraction of sp³-hybridized carbons (Fsp3) is 0.500. The summed E-state index contributed by atoms with van der Waals surface area (Å²) in [4.78, 5) is 24.5. The highest BCUT2D eigenvalue weighted by Crippen LogP contribution is 2.28. The Kier molecular flexibility index (Phi) is 5.51. The molecule has 0 aromatic heterocycles. The van der Waals surface area contributed by atoms with E-state index in [2.05, 4.69) is 11.9 Å². The van der Waals surface area contributed by atoms with E-state index < -0.39 is 18.0 Å². The zero-order valence-corrected chi connectivity index (χ0v) is 12.7. The summed E-state index contributed by atoms with van der Waals surface area (Å²) in [6.45, 7) is 2.18. The van der Waals surface area contributed by atoms with Crippen molar-refractivity contribution in [2.75, 3.05) is 20.1 Å². The zero-order valence-electron chi connectivity index (χ0n) is 12.7. The molecule has 6 nitrogen and oxygen atoms in total. The molecular weight excluding hydrogens is 284 g/mol. The zero-order chi connectivity index (χ0) is 16.1. The van der Waals surface area contributed by atoms with Crippen molar-refractivity contribution in [2.45, 2.75) is 31.2 Å². The average Bonchev–Trinajstić information content (AvgIpc) is 2.48. The Balaban J connectivity index is 1.89. The molecule has 1 unspecified atom stereocenters. The van der Waals surface area contributed by atoms with E-state index in [1.54, 1.807) is 12.1 Å². The van der Waals surface area contributed by atoms with E-state index >= 15 is 0 Å². The molecule has 1 aliphatic heterocycles. The maximum atomic E-state index is 11.6. The summed E-state index contributed by atoms with van der Waals surface area (Å²) in [7, 11) is 2.13. The van der Waals surface area contributed by atoms with Crippen molar-refractivity contribution in [3.8, 4) is 5.75 Å². The first-order valence-electron chi connectivity index (χ1n) is 7.43. The molecule has 1 aliphatic rings. The van der Waals surface area contributed by atoms with Crippen LogP contribution in [-0.4, -0.2) is 48.1 Å². The molecule has 1 aromatic carbocycles. The van der Waals surface area contributed by atoms with E-state index in [4.69, 9.17) is 15.6 Å². The second-order valence-electron chi connectivity index (χ2n) is 5.77. The van der Waals surface area contributed by atoms with E-state index in [9.17, 15) is 9.59 Å². The molecule has 0 bridgehead atoms. The van der Waals surface area contributed by atoms with E-state index in [0.717, 1.165) is 25.9 Å². The third-order valence-corrected chi connectivity index (χ3v) is 4.01. The van der Waals surface area contributed by atoms with E-state index in [1.165, 1.54) is 5.56 Å². The normalized spacial score (nSPS) is 17.9. The van der Waals surface area contributed by atoms with Gasteiger partial charge >= 0.3 is 11.9 Å². The number of hydrogen-bond acceptors (Lipinski definition) is 5. The van der Waals surface area contributed by atoms with E-state index in [-0.39, 0.29) is 6.42 Å². The number of piperidine rings is 1. The topological polar surface area (TPSA) is 92.9 Å². The standard InChI is InChI=1S/C16H22N2O4/c1-18-8-6-12(7-9-18)11-2-4-13(5-3-11)22-15(19)10-14(17)16(20)21/h2-5,12,14H,6-10,17H2,1H3,(H,20,21). The molecule has 0 aliphatic carbocycles. The summed E-state index contributed by atoms with van der Waals surface area (Å²) in [5, 5.41) is 8.66. The molecule has 1 atom stereocenters. The van der Waals surface area contributed by atoms with Gasteiger partial charge in [0.1, 0.15) is 11.8 Å². The van der Waals surface area contributed by atoms with E-state index in [1.807, 2.05) is 12.1 Å². The highest BCUT2D eigenvalue weighted by Gasteiger charge is 2.19. The fourth-order valence-electron chi connectivity index (χ4n) is 2.59. The summed E-state index contributed by atoms with van der Waals surface area (Å²) in [6.07, 6.45) is 1.91. The summed E-state index contributed by atoms with van der Waals surface area (Å²) >= 11 is 0. The van der Waals surface area contributed by atoms with Gasteiger partial charge in [0.2, 0.25) is 0 Å². The maximum absolute atomic E-state index is 11.6. The van der Waals surface area contributed by atoms with Crippen LogP contribution < -0.4 is 10.5 Å². The van der Waals surface area contributed by atoms with Gasteiger partial charge < -0.3 is 20.5 Å². The molecule has 3 N–H and O–H groups in total. The number of aliphatic carboxylic acids is 1. The summed E-state index contributed by atoms with van der Waals surface area (Å²) in [6, 6.07) is 6.20.